The molecule has 0 bridgehead atoms. The Balaban J connectivity index is 0.000000886. The van der Waals surface area contributed by atoms with Gasteiger partial charge in [-0.25, -0.2) is 18.2 Å². The van der Waals surface area contributed by atoms with Crippen LogP contribution in [-0.2, 0) is 24.9 Å². The molecule has 3 heterocycles. The van der Waals surface area contributed by atoms with Gasteiger partial charge in [-0.2, -0.15) is 8.42 Å². The van der Waals surface area contributed by atoms with Crippen LogP contribution in [0, 0.1) is 6.92 Å². The van der Waals surface area contributed by atoms with Crippen molar-refractivity contribution in [2.45, 2.75) is 24.7 Å². The van der Waals surface area contributed by atoms with Crippen LogP contribution in [0.3, 0.4) is 0 Å². The van der Waals surface area contributed by atoms with E-state index >= 15 is 0 Å². The van der Waals surface area contributed by atoms with Crippen LogP contribution in [0.2, 0.25) is 0 Å². The number of aromatic nitrogens is 2. The molecule has 2 aromatic heterocycles. The van der Waals surface area contributed by atoms with Crippen LogP contribution in [0.5, 0.6) is 5.75 Å². The van der Waals surface area contributed by atoms with E-state index in [0.717, 1.165) is 17.0 Å². The highest BCUT2D eigenvalue weighted by atomic mass is 32.2. The Bertz CT molecular complexity index is 1480. The normalized spacial score (nSPS) is 15.0. The maximum atomic E-state index is 13.0. The molecule has 1 aliphatic rings. The third-order valence-electron chi connectivity index (χ3n) is 5.37. The standard InChI is InChI=1S/C21H21N3O7S2.C2H7NS/c1-14-7-9-15(10-8-14)33(28,29)31-19-17-16(6-5-11-22-17)20(23-18(19)21(25)30-2)24-12-3-4-13-32(24,26)27;1-3-4-2/h5-11H,3-4,12-13H2,1-2H3;3H,1-2H3. The van der Waals surface area contributed by atoms with Crippen LogP contribution in [0.15, 0.2) is 47.5 Å². The summed E-state index contributed by atoms with van der Waals surface area (Å²) in [7, 11) is -5.05. The van der Waals surface area contributed by atoms with Gasteiger partial charge in [0, 0.05) is 18.1 Å². The number of methoxy groups -OCH3 is 1. The predicted molar refractivity (Wildman–Crippen MR) is 143 cm³/mol. The zero-order chi connectivity index (χ0) is 27.2. The second-order valence-electron chi connectivity index (χ2n) is 7.86. The first kappa shape index (κ1) is 28.6. The Kier molecular flexibility index (Phi) is 9.34. The van der Waals surface area contributed by atoms with Crippen molar-refractivity contribution >= 4 is 54.8 Å². The van der Waals surface area contributed by atoms with Crippen LogP contribution in [0.25, 0.3) is 10.9 Å². The van der Waals surface area contributed by atoms with Crippen molar-refractivity contribution in [3.8, 4) is 5.75 Å². The van der Waals surface area contributed by atoms with E-state index in [-0.39, 0.29) is 33.9 Å². The largest absolute Gasteiger partial charge is 0.464 e. The molecule has 1 aromatic carbocycles. The molecule has 0 aliphatic carbocycles. The van der Waals surface area contributed by atoms with Gasteiger partial charge in [0.25, 0.3) is 0 Å². The molecule has 0 amide bonds. The average molecular weight is 569 g/mol. The number of hydrogen-bond donors (Lipinski definition) is 1. The molecule has 1 fully saturated rings. The number of ether oxygens (including phenoxy) is 1. The second-order valence-corrected chi connectivity index (χ2v) is 12.2. The number of nitrogens with one attached hydrogen (secondary N) is 1. The van der Waals surface area contributed by atoms with Crippen molar-refractivity contribution in [1.82, 2.24) is 14.7 Å². The lowest BCUT2D eigenvalue weighted by atomic mass is 10.2. The number of aryl methyl sites for hydroxylation is 1. The van der Waals surface area contributed by atoms with Crippen molar-refractivity contribution in [2.75, 3.05) is 37.0 Å². The van der Waals surface area contributed by atoms with E-state index in [2.05, 4.69) is 14.7 Å². The monoisotopic (exact) mass is 568 g/mol. The van der Waals surface area contributed by atoms with Gasteiger partial charge in [-0.3, -0.25) is 14.0 Å². The lowest BCUT2D eigenvalue weighted by Gasteiger charge is -2.28. The quantitative estimate of drug-likeness (QED) is 0.266. The van der Waals surface area contributed by atoms with Crippen LogP contribution in [-0.4, -0.2) is 65.5 Å². The van der Waals surface area contributed by atoms with Gasteiger partial charge in [-0.1, -0.05) is 29.6 Å². The van der Waals surface area contributed by atoms with Crippen LogP contribution in [0.4, 0.5) is 5.82 Å². The highest BCUT2D eigenvalue weighted by Gasteiger charge is 2.33. The fourth-order valence-electron chi connectivity index (χ4n) is 3.49. The Morgan fingerprint density at radius 2 is 1.84 bits per heavy atom. The number of pyridine rings is 2. The van der Waals surface area contributed by atoms with Crippen molar-refractivity contribution in [2.24, 2.45) is 0 Å². The summed E-state index contributed by atoms with van der Waals surface area (Å²) in [4.78, 5) is 20.9. The van der Waals surface area contributed by atoms with E-state index in [0.29, 0.717) is 12.8 Å². The Hall–Kier alpha value is -2.94. The summed E-state index contributed by atoms with van der Waals surface area (Å²) in [6.45, 7) is 1.98. The molecule has 1 aliphatic heterocycles. The van der Waals surface area contributed by atoms with Crippen LogP contribution in [0.1, 0.15) is 28.9 Å². The summed E-state index contributed by atoms with van der Waals surface area (Å²) < 4.78 is 65.5. The predicted octanol–water partition coefficient (Wildman–Crippen LogP) is 2.91. The maximum Gasteiger partial charge on any atom is 0.360 e. The first-order chi connectivity index (χ1) is 17.6. The fourth-order valence-corrected chi connectivity index (χ4v) is 6.03. The summed E-state index contributed by atoms with van der Waals surface area (Å²) in [5.41, 5.74) is 0.333. The summed E-state index contributed by atoms with van der Waals surface area (Å²) >= 11 is 1.61. The fraction of sp³-hybridized carbons (Fsp3) is 0.348. The smallest absolute Gasteiger partial charge is 0.360 e. The highest BCUT2D eigenvalue weighted by Crippen LogP contribution is 2.37. The third-order valence-corrected chi connectivity index (χ3v) is 8.84. The summed E-state index contributed by atoms with van der Waals surface area (Å²) in [6.07, 6.45) is 4.48. The lowest BCUT2D eigenvalue weighted by Crippen LogP contribution is -2.38. The van der Waals surface area contributed by atoms with Gasteiger partial charge < -0.3 is 8.92 Å². The minimum absolute atomic E-state index is 0.0284. The number of nitrogens with zero attached hydrogens (tertiary/aromatic N) is 3. The number of esters is 1. The molecule has 14 heteroatoms. The average Bonchev–Trinajstić information content (AvgIpc) is 2.88. The molecule has 0 saturated carbocycles. The van der Waals surface area contributed by atoms with E-state index in [1.54, 1.807) is 43.1 Å². The van der Waals surface area contributed by atoms with Crippen molar-refractivity contribution in [3.05, 3.63) is 53.9 Å². The molecule has 0 radical (unpaired) electrons. The SMILES string of the molecule is CNSC.COC(=O)c1nc(N2CCCCS2(=O)=O)c2cccnc2c1OS(=O)(=O)c1ccc(C)cc1. The first-order valence-corrected chi connectivity index (χ1v) is 15.4. The Morgan fingerprint density at radius 3 is 2.43 bits per heavy atom. The Morgan fingerprint density at radius 1 is 1.16 bits per heavy atom. The Labute approximate surface area is 220 Å². The number of fused-ring (bicyclic) bond motifs is 1. The molecular formula is C23H28N4O7S3. The number of hydrogen-bond acceptors (Lipinski definition) is 11. The molecule has 1 saturated heterocycles. The molecule has 200 valence electrons. The van der Waals surface area contributed by atoms with E-state index < -0.39 is 37.6 Å². The lowest BCUT2D eigenvalue weighted by molar-refractivity contribution is 0.0592. The number of carbonyl (C=O) groups is 1. The van der Waals surface area contributed by atoms with Crippen molar-refractivity contribution in [1.29, 1.82) is 0 Å². The minimum Gasteiger partial charge on any atom is -0.464 e. The molecule has 0 atom stereocenters. The molecule has 1 N–H and O–H groups in total. The number of anilines is 1. The molecule has 11 nitrogen and oxygen atoms in total. The zero-order valence-electron chi connectivity index (χ0n) is 20.8. The van der Waals surface area contributed by atoms with Gasteiger partial charge in [-0.05, 0) is 57.3 Å². The van der Waals surface area contributed by atoms with Gasteiger partial charge in [0.05, 0.1) is 12.9 Å². The van der Waals surface area contributed by atoms with E-state index in [9.17, 15) is 21.6 Å². The zero-order valence-corrected chi connectivity index (χ0v) is 23.2. The minimum atomic E-state index is -4.37. The first-order valence-electron chi connectivity index (χ1n) is 11.1. The topological polar surface area (TPSA) is 145 Å². The molecule has 0 spiro atoms. The van der Waals surface area contributed by atoms with E-state index in [4.69, 9.17) is 8.92 Å². The summed E-state index contributed by atoms with van der Waals surface area (Å²) in [5.74, 6) is -1.52. The van der Waals surface area contributed by atoms with Gasteiger partial charge in [-0.15, -0.1) is 0 Å². The van der Waals surface area contributed by atoms with Gasteiger partial charge in [0.2, 0.25) is 15.8 Å². The second kappa shape index (κ2) is 12.1. The molecular weight excluding hydrogens is 540 g/mol. The van der Waals surface area contributed by atoms with E-state index in [1.807, 2.05) is 13.3 Å². The number of sulfonamides is 1. The summed E-state index contributed by atoms with van der Waals surface area (Å²) in [6, 6.07) is 9.06. The third kappa shape index (κ3) is 6.50. The maximum absolute atomic E-state index is 13.0. The van der Waals surface area contributed by atoms with Crippen molar-refractivity contribution < 1.29 is 30.6 Å². The number of benzene rings is 1. The van der Waals surface area contributed by atoms with Crippen molar-refractivity contribution in [3.63, 3.8) is 0 Å². The van der Waals surface area contributed by atoms with Gasteiger partial charge in [0.15, 0.2) is 11.5 Å². The summed E-state index contributed by atoms with van der Waals surface area (Å²) in [5, 5.41) is 0.227. The molecule has 4 rings (SSSR count). The number of rotatable bonds is 6. The van der Waals surface area contributed by atoms with Crippen LogP contribution < -0.4 is 13.2 Å². The van der Waals surface area contributed by atoms with Gasteiger partial charge >= 0.3 is 16.1 Å². The van der Waals surface area contributed by atoms with E-state index in [1.165, 1.54) is 18.3 Å². The molecule has 37 heavy (non-hydrogen) atoms. The van der Waals surface area contributed by atoms with Crippen LogP contribution >= 0.6 is 11.9 Å². The van der Waals surface area contributed by atoms with Gasteiger partial charge in [0.1, 0.15) is 10.4 Å². The molecule has 3 aromatic rings. The highest BCUT2D eigenvalue weighted by molar-refractivity contribution is 7.96. The molecule has 0 unspecified atom stereocenters. The number of carbonyl (C=O) groups excluding carboxylic acids is 1.